The summed E-state index contributed by atoms with van der Waals surface area (Å²) in [5, 5.41) is 6.42. The van der Waals surface area contributed by atoms with Gasteiger partial charge in [-0.25, -0.2) is 26.4 Å². The van der Waals surface area contributed by atoms with E-state index in [0.717, 1.165) is 23.5 Å². The van der Waals surface area contributed by atoms with E-state index in [4.69, 9.17) is 5.14 Å². The molecule has 1 aromatic heterocycles. The maximum absolute atomic E-state index is 13.8. The Morgan fingerprint density at radius 2 is 1.86 bits per heavy atom. The molecule has 1 aromatic carbocycles. The average Bonchev–Trinajstić information content (AvgIpc) is 2.77. The van der Waals surface area contributed by atoms with Crippen molar-refractivity contribution in [2.24, 2.45) is 5.14 Å². The number of hydrogen-bond acceptors (Lipinski definition) is 5. The van der Waals surface area contributed by atoms with E-state index in [1.165, 1.54) is 0 Å². The van der Waals surface area contributed by atoms with Crippen molar-refractivity contribution in [2.75, 3.05) is 4.72 Å². The second-order valence-electron chi connectivity index (χ2n) is 3.85. The Hall–Kier alpha value is -1.01. The van der Waals surface area contributed by atoms with Crippen LogP contribution in [0.5, 0.6) is 0 Å². The first-order valence-electron chi connectivity index (χ1n) is 5.19. The molecule has 0 aliphatic rings. The third-order valence-electron chi connectivity index (χ3n) is 2.34. The SMILES string of the molecule is NS(=O)(=O)c1ccc(NS(=O)(=O)c2sccc2Br)c(F)c1. The van der Waals surface area contributed by atoms with Gasteiger partial charge in [0.2, 0.25) is 10.0 Å². The Bertz CT molecular complexity index is 893. The van der Waals surface area contributed by atoms with Gasteiger partial charge >= 0.3 is 0 Å². The molecule has 6 nitrogen and oxygen atoms in total. The first kappa shape index (κ1) is 16.4. The monoisotopic (exact) mass is 414 g/mol. The summed E-state index contributed by atoms with van der Waals surface area (Å²) in [5.41, 5.74) is -0.372. The number of primary sulfonamides is 1. The van der Waals surface area contributed by atoms with Crippen molar-refractivity contribution < 1.29 is 21.2 Å². The molecule has 0 spiro atoms. The summed E-state index contributed by atoms with van der Waals surface area (Å²) in [6, 6.07) is 4.20. The maximum atomic E-state index is 13.8. The van der Waals surface area contributed by atoms with Crippen LogP contribution in [0.3, 0.4) is 0 Å². The fourth-order valence-corrected chi connectivity index (χ4v) is 5.35. The predicted molar refractivity (Wildman–Crippen MR) is 80.6 cm³/mol. The highest BCUT2D eigenvalue weighted by Gasteiger charge is 2.21. The second-order valence-corrected chi connectivity index (χ2v) is 9.06. The van der Waals surface area contributed by atoms with Crippen molar-refractivity contribution in [1.82, 2.24) is 0 Å². The Balaban J connectivity index is 2.39. The molecular formula is C10H8BrFN2O4S3. The van der Waals surface area contributed by atoms with Crippen molar-refractivity contribution in [3.8, 4) is 0 Å². The van der Waals surface area contributed by atoms with Crippen LogP contribution in [0.4, 0.5) is 10.1 Å². The van der Waals surface area contributed by atoms with Gasteiger partial charge < -0.3 is 0 Å². The highest BCUT2D eigenvalue weighted by atomic mass is 79.9. The Labute approximate surface area is 133 Å². The fourth-order valence-electron chi connectivity index (χ4n) is 1.42. The lowest BCUT2D eigenvalue weighted by atomic mass is 10.3. The standard InChI is InChI=1S/C10H8BrFN2O4S3/c11-7-3-4-19-10(7)21(17,18)14-9-2-1-6(5-8(9)12)20(13,15)16/h1-5,14H,(H2,13,15,16). The average molecular weight is 415 g/mol. The topological polar surface area (TPSA) is 106 Å². The number of nitrogens with two attached hydrogens (primary N) is 1. The van der Waals surface area contributed by atoms with Crippen molar-refractivity contribution >= 4 is 53.0 Å². The van der Waals surface area contributed by atoms with Crippen LogP contribution in [0.15, 0.2) is 43.2 Å². The molecule has 114 valence electrons. The molecule has 2 rings (SSSR count). The summed E-state index contributed by atoms with van der Waals surface area (Å²) in [4.78, 5) is -0.444. The van der Waals surface area contributed by atoms with Crippen LogP contribution in [0, 0.1) is 5.82 Å². The van der Waals surface area contributed by atoms with Crippen molar-refractivity contribution in [2.45, 2.75) is 9.10 Å². The highest BCUT2D eigenvalue weighted by molar-refractivity contribution is 9.10. The predicted octanol–water partition coefficient (Wildman–Crippen LogP) is 2.10. The van der Waals surface area contributed by atoms with Crippen LogP contribution < -0.4 is 9.86 Å². The highest BCUT2D eigenvalue weighted by Crippen LogP contribution is 2.30. The maximum Gasteiger partial charge on any atom is 0.272 e. The first-order chi connectivity index (χ1) is 9.61. The zero-order chi connectivity index (χ0) is 15.8. The van der Waals surface area contributed by atoms with Crippen LogP contribution in [-0.2, 0) is 20.0 Å². The third kappa shape index (κ3) is 3.61. The normalized spacial score (nSPS) is 12.3. The minimum Gasteiger partial charge on any atom is -0.276 e. The zero-order valence-electron chi connectivity index (χ0n) is 10.1. The van der Waals surface area contributed by atoms with Gasteiger partial charge in [0.25, 0.3) is 10.0 Å². The van der Waals surface area contributed by atoms with Crippen molar-refractivity contribution in [3.05, 3.63) is 39.9 Å². The molecule has 0 aliphatic heterocycles. The van der Waals surface area contributed by atoms with Gasteiger partial charge in [-0.05, 0) is 45.6 Å². The van der Waals surface area contributed by atoms with E-state index in [0.29, 0.717) is 10.5 Å². The summed E-state index contributed by atoms with van der Waals surface area (Å²) in [6.07, 6.45) is 0. The number of sulfonamides is 2. The van der Waals surface area contributed by atoms with Crippen LogP contribution >= 0.6 is 27.3 Å². The summed E-state index contributed by atoms with van der Waals surface area (Å²) in [5.74, 6) is -1.04. The molecule has 0 fully saturated rings. The van der Waals surface area contributed by atoms with Gasteiger partial charge in [0.15, 0.2) is 4.21 Å². The number of anilines is 1. The third-order valence-corrected chi connectivity index (χ3v) is 7.29. The fraction of sp³-hybridized carbons (Fsp3) is 0. The molecule has 1 heterocycles. The lowest BCUT2D eigenvalue weighted by Crippen LogP contribution is -2.15. The smallest absolute Gasteiger partial charge is 0.272 e. The van der Waals surface area contributed by atoms with Gasteiger partial charge in [-0.15, -0.1) is 11.3 Å². The summed E-state index contributed by atoms with van der Waals surface area (Å²) < 4.78 is 62.5. The number of rotatable bonds is 4. The molecule has 0 atom stereocenters. The minimum absolute atomic E-state index is 0.0163. The van der Waals surface area contributed by atoms with Crippen molar-refractivity contribution in [3.63, 3.8) is 0 Å². The van der Waals surface area contributed by atoms with E-state index in [-0.39, 0.29) is 9.90 Å². The molecule has 0 aliphatic carbocycles. The van der Waals surface area contributed by atoms with E-state index in [1.807, 2.05) is 0 Å². The summed E-state index contributed by atoms with van der Waals surface area (Å²) >= 11 is 4.03. The quantitative estimate of drug-likeness (QED) is 0.798. The number of benzene rings is 1. The number of nitrogens with one attached hydrogen (secondary N) is 1. The van der Waals surface area contributed by atoms with Crippen LogP contribution in [-0.4, -0.2) is 16.8 Å². The second kappa shape index (κ2) is 5.65. The van der Waals surface area contributed by atoms with Crippen LogP contribution in [0.2, 0.25) is 0 Å². The molecule has 11 heteroatoms. The molecule has 0 unspecified atom stereocenters. The molecule has 0 saturated heterocycles. The van der Waals surface area contributed by atoms with Gasteiger partial charge in [0, 0.05) is 4.47 Å². The number of thiophene rings is 1. The Morgan fingerprint density at radius 1 is 1.19 bits per heavy atom. The summed E-state index contributed by atoms with van der Waals surface area (Å²) in [6.45, 7) is 0. The zero-order valence-corrected chi connectivity index (χ0v) is 14.1. The van der Waals surface area contributed by atoms with Gasteiger partial charge in [-0.1, -0.05) is 0 Å². The first-order valence-corrected chi connectivity index (χ1v) is 9.89. The van der Waals surface area contributed by atoms with Crippen molar-refractivity contribution in [1.29, 1.82) is 0 Å². The van der Waals surface area contributed by atoms with Gasteiger partial charge in [-0.3, -0.25) is 4.72 Å². The van der Waals surface area contributed by atoms with Gasteiger partial charge in [0.1, 0.15) is 5.82 Å². The van der Waals surface area contributed by atoms with E-state index < -0.39 is 30.8 Å². The molecule has 2 aromatic rings. The van der Waals surface area contributed by atoms with Crippen LogP contribution in [0.1, 0.15) is 0 Å². The van der Waals surface area contributed by atoms with E-state index in [2.05, 4.69) is 20.7 Å². The molecule has 0 saturated carbocycles. The van der Waals surface area contributed by atoms with E-state index in [1.54, 1.807) is 11.4 Å². The lowest BCUT2D eigenvalue weighted by Gasteiger charge is -2.09. The minimum atomic E-state index is -4.06. The van der Waals surface area contributed by atoms with E-state index in [9.17, 15) is 21.2 Å². The largest absolute Gasteiger partial charge is 0.276 e. The van der Waals surface area contributed by atoms with Gasteiger partial charge in [0.05, 0.1) is 10.6 Å². The Kier molecular flexibility index (Phi) is 4.40. The lowest BCUT2D eigenvalue weighted by molar-refractivity contribution is 0.592. The molecule has 0 amide bonds. The van der Waals surface area contributed by atoms with E-state index >= 15 is 0 Å². The number of hydrogen-bond donors (Lipinski definition) is 2. The number of halogens is 2. The molecule has 0 radical (unpaired) electrons. The van der Waals surface area contributed by atoms with Crippen LogP contribution in [0.25, 0.3) is 0 Å². The van der Waals surface area contributed by atoms with Gasteiger partial charge in [-0.2, -0.15) is 0 Å². The molecule has 21 heavy (non-hydrogen) atoms. The molecule has 3 N–H and O–H groups in total. The molecular weight excluding hydrogens is 407 g/mol. The molecule has 0 bridgehead atoms. The Morgan fingerprint density at radius 3 is 2.33 bits per heavy atom. The summed E-state index contributed by atoms with van der Waals surface area (Å²) in [7, 11) is -8.03.